The van der Waals surface area contributed by atoms with Crippen molar-refractivity contribution in [3.63, 3.8) is 0 Å². The molecule has 0 aromatic carbocycles. The van der Waals surface area contributed by atoms with Gasteiger partial charge in [-0.2, -0.15) is 5.10 Å². The van der Waals surface area contributed by atoms with Gasteiger partial charge in [0.05, 0.1) is 25.0 Å². The number of hydrogen-bond acceptors (Lipinski definition) is 4. The number of urea groups is 1. The molecule has 1 saturated heterocycles. The minimum absolute atomic E-state index is 0.186. The zero-order chi connectivity index (χ0) is 16.7. The van der Waals surface area contributed by atoms with Gasteiger partial charge in [0.15, 0.2) is 0 Å². The summed E-state index contributed by atoms with van der Waals surface area (Å²) in [6.07, 6.45) is 4.74. The summed E-state index contributed by atoms with van der Waals surface area (Å²) in [5.74, 6) is 1.48. The number of hydrogen-bond donors (Lipinski definition) is 2. The number of carbonyl (C=O) groups is 1. The average molecular weight is 323 g/mol. The van der Waals surface area contributed by atoms with Crippen molar-refractivity contribution in [3.05, 3.63) is 12.4 Å². The highest BCUT2D eigenvalue weighted by molar-refractivity contribution is 5.88. The number of methoxy groups -OCH3 is 1. The molecule has 2 amide bonds. The maximum atomic E-state index is 11.9. The first-order valence-electron chi connectivity index (χ1n) is 8.35. The quantitative estimate of drug-likeness (QED) is 0.800. The van der Waals surface area contributed by atoms with Crippen LogP contribution in [-0.4, -0.2) is 60.6 Å². The van der Waals surface area contributed by atoms with Crippen molar-refractivity contribution in [2.75, 3.05) is 45.2 Å². The van der Waals surface area contributed by atoms with E-state index in [-0.39, 0.29) is 6.03 Å². The number of anilines is 1. The van der Waals surface area contributed by atoms with Crippen LogP contribution in [0.15, 0.2) is 12.4 Å². The largest absolute Gasteiger partial charge is 0.383 e. The number of ether oxygens (including phenoxy) is 1. The van der Waals surface area contributed by atoms with Gasteiger partial charge in [-0.1, -0.05) is 13.8 Å². The normalized spacial score (nSPS) is 22.0. The lowest BCUT2D eigenvalue weighted by molar-refractivity contribution is 0.142. The third kappa shape index (κ3) is 6.19. The van der Waals surface area contributed by atoms with E-state index in [0.29, 0.717) is 25.4 Å². The summed E-state index contributed by atoms with van der Waals surface area (Å²) in [5.41, 5.74) is 0.693. The Labute approximate surface area is 138 Å². The van der Waals surface area contributed by atoms with Crippen molar-refractivity contribution in [2.24, 2.45) is 11.8 Å². The zero-order valence-corrected chi connectivity index (χ0v) is 14.4. The minimum Gasteiger partial charge on any atom is -0.383 e. The highest BCUT2D eigenvalue weighted by atomic mass is 16.5. The third-order valence-corrected chi connectivity index (χ3v) is 4.07. The van der Waals surface area contributed by atoms with Crippen molar-refractivity contribution in [1.82, 2.24) is 20.0 Å². The number of nitrogens with zero attached hydrogens (tertiary/aromatic N) is 3. The van der Waals surface area contributed by atoms with Gasteiger partial charge in [-0.05, 0) is 18.3 Å². The van der Waals surface area contributed by atoms with Gasteiger partial charge in [0, 0.05) is 39.5 Å². The number of carbonyl (C=O) groups excluding carboxylic acids is 1. The molecule has 0 radical (unpaired) electrons. The third-order valence-electron chi connectivity index (χ3n) is 4.07. The van der Waals surface area contributed by atoms with Gasteiger partial charge >= 0.3 is 6.03 Å². The van der Waals surface area contributed by atoms with E-state index in [4.69, 9.17) is 4.74 Å². The summed E-state index contributed by atoms with van der Waals surface area (Å²) in [6, 6.07) is -0.186. The Morgan fingerprint density at radius 1 is 1.35 bits per heavy atom. The summed E-state index contributed by atoms with van der Waals surface area (Å²) in [7, 11) is 1.65. The molecule has 1 aliphatic rings. The summed E-state index contributed by atoms with van der Waals surface area (Å²) in [5, 5.41) is 9.87. The lowest BCUT2D eigenvalue weighted by Gasteiger charge is -2.34. The topological polar surface area (TPSA) is 71.4 Å². The van der Waals surface area contributed by atoms with Crippen LogP contribution >= 0.6 is 0 Å². The van der Waals surface area contributed by atoms with Crippen LogP contribution in [0, 0.1) is 11.8 Å². The van der Waals surface area contributed by atoms with E-state index in [1.807, 2.05) is 0 Å². The molecule has 1 fully saturated rings. The maximum absolute atomic E-state index is 11.9. The van der Waals surface area contributed by atoms with E-state index >= 15 is 0 Å². The van der Waals surface area contributed by atoms with Crippen LogP contribution < -0.4 is 10.6 Å². The number of aromatic nitrogens is 2. The first-order chi connectivity index (χ1) is 11.1. The molecule has 1 aromatic rings. The lowest BCUT2D eigenvalue weighted by atomic mass is 9.92. The highest BCUT2D eigenvalue weighted by Crippen LogP contribution is 2.20. The molecule has 0 saturated carbocycles. The van der Waals surface area contributed by atoms with Crippen LogP contribution in [-0.2, 0) is 11.3 Å². The smallest absolute Gasteiger partial charge is 0.319 e. The van der Waals surface area contributed by atoms with Gasteiger partial charge in [-0.25, -0.2) is 4.79 Å². The molecule has 0 bridgehead atoms. The monoisotopic (exact) mass is 323 g/mol. The van der Waals surface area contributed by atoms with Crippen LogP contribution in [0.3, 0.4) is 0 Å². The predicted molar refractivity (Wildman–Crippen MR) is 90.5 cm³/mol. The molecule has 7 heteroatoms. The van der Waals surface area contributed by atoms with Gasteiger partial charge in [-0.3, -0.25) is 4.68 Å². The summed E-state index contributed by atoms with van der Waals surface area (Å²) >= 11 is 0. The fraction of sp³-hybridized carbons (Fsp3) is 0.750. The van der Waals surface area contributed by atoms with Crippen LogP contribution in [0.25, 0.3) is 0 Å². The van der Waals surface area contributed by atoms with Crippen LogP contribution in [0.5, 0.6) is 0 Å². The molecule has 2 N–H and O–H groups in total. The molecule has 23 heavy (non-hydrogen) atoms. The lowest BCUT2D eigenvalue weighted by Crippen LogP contribution is -2.43. The van der Waals surface area contributed by atoms with Crippen molar-refractivity contribution >= 4 is 11.7 Å². The Balaban J connectivity index is 1.66. The second-order valence-electron chi connectivity index (χ2n) is 6.57. The molecule has 0 aliphatic carbocycles. The molecular formula is C16H29N5O2. The Bertz CT molecular complexity index is 481. The summed E-state index contributed by atoms with van der Waals surface area (Å²) < 4.78 is 6.74. The van der Waals surface area contributed by atoms with Gasteiger partial charge in [0.25, 0.3) is 0 Å². The Kier molecular flexibility index (Phi) is 6.85. The van der Waals surface area contributed by atoms with E-state index in [2.05, 4.69) is 34.5 Å². The van der Waals surface area contributed by atoms with E-state index in [1.165, 1.54) is 6.42 Å². The maximum Gasteiger partial charge on any atom is 0.319 e. The van der Waals surface area contributed by atoms with E-state index in [1.54, 1.807) is 24.2 Å². The fourth-order valence-electron chi connectivity index (χ4n) is 3.21. The van der Waals surface area contributed by atoms with Gasteiger partial charge in [-0.15, -0.1) is 0 Å². The van der Waals surface area contributed by atoms with E-state index < -0.39 is 0 Å². The van der Waals surface area contributed by atoms with Crippen LogP contribution in [0.1, 0.15) is 20.3 Å². The first kappa shape index (κ1) is 17.7. The average Bonchev–Trinajstić information content (AvgIpc) is 2.91. The summed E-state index contributed by atoms with van der Waals surface area (Å²) in [6.45, 7) is 9.66. The van der Waals surface area contributed by atoms with Crippen molar-refractivity contribution < 1.29 is 9.53 Å². The number of amides is 2. The molecule has 0 unspecified atom stereocenters. The predicted octanol–water partition coefficient (Wildman–Crippen LogP) is 1.63. The Morgan fingerprint density at radius 3 is 2.78 bits per heavy atom. The molecule has 7 nitrogen and oxygen atoms in total. The molecule has 2 rings (SSSR count). The van der Waals surface area contributed by atoms with Crippen molar-refractivity contribution in [1.29, 1.82) is 0 Å². The summed E-state index contributed by atoms with van der Waals surface area (Å²) in [4.78, 5) is 14.3. The highest BCUT2D eigenvalue weighted by Gasteiger charge is 2.21. The minimum atomic E-state index is -0.186. The first-order valence-corrected chi connectivity index (χ1v) is 8.35. The van der Waals surface area contributed by atoms with Crippen LogP contribution in [0.2, 0.25) is 0 Å². The van der Waals surface area contributed by atoms with E-state index in [9.17, 15) is 4.79 Å². The number of piperidine rings is 1. The molecule has 0 spiro atoms. The molecule has 1 aromatic heterocycles. The van der Waals surface area contributed by atoms with Gasteiger partial charge < -0.3 is 20.3 Å². The molecule has 2 heterocycles. The SMILES string of the molecule is COCCn1cc(NC(=O)NCCN2C[C@H](C)C[C@@H](C)C2)cn1. The zero-order valence-electron chi connectivity index (χ0n) is 14.4. The standard InChI is InChI=1S/C16H29N5O2/c1-13-8-14(2)11-20(10-13)5-4-17-16(22)19-15-9-18-21(12-15)6-7-23-3/h9,12-14H,4-8,10-11H2,1-3H3,(H2,17,19,22)/t13-,14-/m1/s1. The fourth-order valence-corrected chi connectivity index (χ4v) is 3.21. The van der Waals surface area contributed by atoms with Crippen molar-refractivity contribution in [3.8, 4) is 0 Å². The van der Waals surface area contributed by atoms with Gasteiger partial charge in [0.2, 0.25) is 0 Å². The Hall–Kier alpha value is -1.60. The van der Waals surface area contributed by atoms with Crippen LogP contribution in [0.4, 0.5) is 10.5 Å². The molecule has 1 aliphatic heterocycles. The van der Waals surface area contributed by atoms with Crippen molar-refractivity contribution in [2.45, 2.75) is 26.8 Å². The molecule has 2 atom stereocenters. The number of nitrogens with one attached hydrogen (secondary N) is 2. The molecular weight excluding hydrogens is 294 g/mol. The Morgan fingerprint density at radius 2 is 2.09 bits per heavy atom. The molecule has 130 valence electrons. The van der Waals surface area contributed by atoms with Gasteiger partial charge in [0.1, 0.15) is 0 Å². The van der Waals surface area contributed by atoms with E-state index in [0.717, 1.165) is 31.5 Å². The second kappa shape index (κ2) is 8.88. The number of rotatable bonds is 7. The second-order valence-corrected chi connectivity index (χ2v) is 6.57. The number of likely N-dealkylation sites (tertiary alicyclic amines) is 1.